The van der Waals surface area contributed by atoms with Crippen LogP contribution in [-0.2, 0) is 4.79 Å². The van der Waals surface area contributed by atoms with Gasteiger partial charge in [0.15, 0.2) is 5.75 Å². The molecule has 21 heavy (non-hydrogen) atoms. The Hall–Kier alpha value is -2.28. The number of carbonyl (C=O) groups is 2. The minimum atomic E-state index is -0.370. The summed E-state index contributed by atoms with van der Waals surface area (Å²) in [6, 6.07) is 2.87. The number of amides is 2. The fraction of sp³-hybridized carbons (Fsp3) is 0.429. The Morgan fingerprint density at radius 2 is 2.05 bits per heavy atom. The van der Waals surface area contributed by atoms with Crippen molar-refractivity contribution in [2.45, 2.75) is 18.9 Å². The van der Waals surface area contributed by atoms with Gasteiger partial charge in [-0.05, 0) is 18.9 Å². The summed E-state index contributed by atoms with van der Waals surface area (Å²) in [7, 11) is 3.18. The van der Waals surface area contributed by atoms with Crippen molar-refractivity contribution in [2.24, 2.45) is 0 Å². The van der Waals surface area contributed by atoms with Crippen molar-refractivity contribution in [2.75, 3.05) is 25.6 Å². The van der Waals surface area contributed by atoms with Gasteiger partial charge in [-0.1, -0.05) is 0 Å². The van der Waals surface area contributed by atoms with Gasteiger partial charge >= 0.3 is 0 Å². The zero-order chi connectivity index (χ0) is 15.1. The number of quaternary nitrogens is 1. The van der Waals surface area contributed by atoms with Gasteiger partial charge in [0.25, 0.3) is 5.91 Å². The SMILES string of the molecule is COc1cc2c(cc1O[NH3+])N(C)C(=O)[C@@H]1CCCN1C2=O. The number of rotatable bonds is 2. The molecule has 2 heterocycles. The molecule has 0 aliphatic carbocycles. The van der Waals surface area contributed by atoms with E-state index in [4.69, 9.17) is 9.57 Å². The lowest BCUT2D eigenvalue weighted by Crippen LogP contribution is -2.53. The van der Waals surface area contributed by atoms with Gasteiger partial charge in [0.1, 0.15) is 6.04 Å². The second kappa shape index (κ2) is 4.92. The Morgan fingerprint density at radius 1 is 1.29 bits per heavy atom. The second-order valence-corrected chi connectivity index (χ2v) is 5.22. The zero-order valence-electron chi connectivity index (χ0n) is 12.1. The van der Waals surface area contributed by atoms with Gasteiger partial charge in [-0.15, -0.1) is 0 Å². The van der Waals surface area contributed by atoms with Crippen molar-refractivity contribution in [3.63, 3.8) is 0 Å². The largest absolute Gasteiger partial charge is 0.493 e. The maximum absolute atomic E-state index is 12.7. The molecular formula is C14H18N3O4+. The van der Waals surface area contributed by atoms with Crippen LogP contribution in [0.5, 0.6) is 11.5 Å². The van der Waals surface area contributed by atoms with Crippen LogP contribution in [0.25, 0.3) is 0 Å². The van der Waals surface area contributed by atoms with Crippen LogP contribution >= 0.6 is 0 Å². The monoisotopic (exact) mass is 292 g/mol. The second-order valence-electron chi connectivity index (χ2n) is 5.22. The number of ether oxygens (including phenoxy) is 1. The van der Waals surface area contributed by atoms with Crippen molar-refractivity contribution >= 4 is 17.5 Å². The number of carbonyl (C=O) groups excluding carboxylic acids is 2. The van der Waals surface area contributed by atoms with E-state index >= 15 is 0 Å². The van der Waals surface area contributed by atoms with E-state index < -0.39 is 0 Å². The van der Waals surface area contributed by atoms with Crippen molar-refractivity contribution in [1.29, 1.82) is 0 Å². The molecule has 0 aromatic heterocycles. The lowest BCUT2D eigenvalue weighted by Gasteiger charge is -2.22. The molecule has 7 heteroatoms. The van der Waals surface area contributed by atoms with Gasteiger partial charge in [0.2, 0.25) is 11.7 Å². The summed E-state index contributed by atoms with van der Waals surface area (Å²) in [5.41, 5.74) is 0.978. The average Bonchev–Trinajstić information content (AvgIpc) is 2.98. The zero-order valence-corrected chi connectivity index (χ0v) is 12.1. The van der Waals surface area contributed by atoms with Crippen molar-refractivity contribution in [3.8, 4) is 11.5 Å². The molecule has 3 rings (SSSR count). The van der Waals surface area contributed by atoms with E-state index in [0.717, 1.165) is 6.42 Å². The third kappa shape index (κ3) is 1.92. The van der Waals surface area contributed by atoms with E-state index in [1.807, 2.05) is 0 Å². The molecule has 3 N–H and O–H groups in total. The number of hydrogen-bond donors (Lipinski definition) is 1. The summed E-state index contributed by atoms with van der Waals surface area (Å²) in [5, 5.41) is 0. The molecule has 0 saturated carbocycles. The molecule has 1 saturated heterocycles. The topological polar surface area (TPSA) is 86.7 Å². The average molecular weight is 292 g/mol. The Labute approximate surface area is 122 Å². The molecule has 1 aromatic rings. The number of benzene rings is 1. The predicted octanol–water partition coefficient (Wildman–Crippen LogP) is -0.188. The third-order valence-electron chi connectivity index (χ3n) is 4.16. The van der Waals surface area contributed by atoms with Crippen LogP contribution in [0.15, 0.2) is 12.1 Å². The lowest BCUT2D eigenvalue weighted by atomic mass is 10.1. The van der Waals surface area contributed by atoms with Crippen LogP contribution in [-0.4, -0.2) is 43.5 Å². The summed E-state index contributed by atoms with van der Waals surface area (Å²) in [6.07, 6.45) is 1.56. The fourth-order valence-corrected chi connectivity index (χ4v) is 3.03. The molecule has 112 valence electrons. The predicted molar refractivity (Wildman–Crippen MR) is 74.0 cm³/mol. The van der Waals surface area contributed by atoms with Crippen molar-refractivity contribution in [1.82, 2.24) is 4.90 Å². The Morgan fingerprint density at radius 3 is 2.71 bits per heavy atom. The van der Waals surface area contributed by atoms with Gasteiger partial charge in [-0.3, -0.25) is 9.59 Å². The van der Waals surface area contributed by atoms with E-state index in [-0.39, 0.29) is 17.9 Å². The smallest absolute Gasteiger partial charge is 0.256 e. The number of nitrogens with zero attached hydrogens (tertiary/aromatic N) is 2. The first-order chi connectivity index (χ1) is 10.1. The van der Waals surface area contributed by atoms with Crippen LogP contribution in [0.1, 0.15) is 23.2 Å². The highest BCUT2D eigenvalue weighted by Crippen LogP contribution is 2.38. The van der Waals surface area contributed by atoms with E-state index in [2.05, 4.69) is 5.90 Å². The molecule has 0 radical (unpaired) electrons. The molecule has 2 aliphatic heterocycles. The first-order valence-corrected chi connectivity index (χ1v) is 6.81. The summed E-state index contributed by atoms with van der Waals surface area (Å²) < 4.78 is 5.23. The minimum absolute atomic E-state index is 0.0696. The van der Waals surface area contributed by atoms with E-state index in [0.29, 0.717) is 35.7 Å². The summed E-state index contributed by atoms with van der Waals surface area (Å²) in [6.45, 7) is 0.610. The Kier molecular flexibility index (Phi) is 3.21. The molecule has 0 spiro atoms. The molecule has 7 nitrogen and oxygen atoms in total. The highest BCUT2D eigenvalue weighted by Gasteiger charge is 2.41. The molecule has 0 bridgehead atoms. The maximum atomic E-state index is 12.7. The Balaban J connectivity index is 2.19. The third-order valence-corrected chi connectivity index (χ3v) is 4.16. The van der Waals surface area contributed by atoms with Crippen LogP contribution < -0.4 is 20.4 Å². The number of methoxy groups -OCH3 is 1. The summed E-state index contributed by atoms with van der Waals surface area (Å²) in [5.74, 6) is 3.99. The number of likely N-dealkylation sites (N-methyl/N-ethyl adjacent to an activating group) is 1. The van der Waals surface area contributed by atoms with Crippen LogP contribution in [0.2, 0.25) is 0 Å². The molecule has 0 unspecified atom stereocenters. The summed E-state index contributed by atoms with van der Waals surface area (Å²) >= 11 is 0. The van der Waals surface area contributed by atoms with Gasteiger partial charge in [0.05, 0.1) is 18.4 Å². The number of hydrogen-bond acceptors (Lipinski definition) is 4. The fourth-order valence-electron chi connectivity index (χ4n) is 3.03. The van der Waals surface area contributed by atoms with E-state index in [1.165, 1.54) is 12.0 Å². The van der Waals surface area contributed by atoms with E-state index in [9.17, 15) is 9.59 Å². The molecule has 1 fully saturated rings. The summed E-state index contributed by atoms with van der Waals surface area (Å²) in [4.78, 5) is 33.4. The van der Waals surface area contributed by atoms with Gasteiger partial charge < -0.3 is 19.4 Å². The first kappa shape index (κ1) is 13.7. The molecule has 1 atom stereocenters. The normalized spacial score (nSPS) is 21.0. The quantitative estimate of drug-likeness (QED) is 0.766. The van der Waals surface area contributed by atoms with Crippen LogP contribution in [0.4, 0.5) is 5.69 Å². The standard InChI is InChI=1S/C14H18N3O4/c1-16-10-7-12(21-15)11(20-2)6-8(10)13(18)17-5-3-4-9(17)14(16)19/h6-7,9H,3-5H2,1-2,15H3/q+1/t9-/m0/s1. The van der Waals surface area contributed by atoms with Crippen molar-refractivity contribution < 1.29 is 25.1 Å². The highest BCUT2D eigenvalue weighted by atomic mass is 16.6. The molecule has 1 aromatic carbocycles. The highest BCUT2D eigenvalue weighted by molar-refractivity contribution is 6.11. The molecule has 2 amide bonds. The Bertz CT molecular complexity index is 616. The minimum Gasteiger partial charge on any atom is -0.493 e. The lowest BCUT2D eigenvalue weighted by molar-refractivity contribution is -0.635. The van der Waals surface area contributed by atoms with Crippen molar-refractivity contribution in [3.05, 3.63) is 17.7 Å². The van der Waals surface area contributed by atoms with Gasteiger partial charge in [-0.25, -0.2) is 0 Å². The van der Waals surface area contributed by atoms with Gasteiger partial charge in [0, 0.05) is 19.7 Å². The van der Waals surface area contributed by atoms with Gasteiger partial charge in [-0.2, -0.15) is 5.90 Å². The molecule has 2 aliphatic rings. The molecular weight excluding hydrogens is 274 g/mol. The maximum Gasteiger partial charge on any atom is 0.256 e. The number of fused-ring (bicyclic) bond motifs is 2. The number of anilines is 1. The van der Waals surface area contributed by atoms with Crippen LogP contribution in [0, 0.1) is 0 Å². The van der Waals surface area contributed by atoms with Crippen LogP contribution in [0.3, 0.4) is 0 Å². The first-order valence-electron chi connectivity index (χ1n) is 6.81. The van der Waals surface area contributed by atoms with E-state index in [1.54, 1.807) is 24.1 Å².